The highest BCUT2D eigenvalue weighted by molar-refractivity contribution is 5.17. The van der Waals surface area contributed by atoms with Gasteiger partial charge < -0.3 is 14.2 Å². The maximum absolute atomic E-state index is 13.0. The summed E-state index contributed by atoms with van der Waals surface area (Å²) < 4.78 is 28.2. The van der Waals surface area contributed by atoms with Crippen molar-refractivity contribution in [3.8, 4) is 5.75 Å². The van der Waals surface area contributed by atoms with Gasteiger partial charge in [0.1, 0.15) is 6.61 Å². The summed E-state index contributed by atoms with van der Waals surface area (Å²) in [5.74, 6) is -0.440. The zero-order valence-electron chi connectivity index (χ0n) is 9.32. The van der Waals surface area contributed by atoms with Crippen molar-refractivity contribution < 1.29 is 18.6 Å². The number of nitrogens with zero attached hydrogens (tertiary/aromatic N) is 1. The number of ether oxygens (including phenoxy) is 3. The number of hydrogen-bond donors (Lipinski definition) is 0. The molecule has 1 aromatic heterocycles. The van der Waals surface area contributed by atoms with Crippen LogP contribution in [0.3, 0.4) is 0 Å². The van der Waals surface area contributed by atoms with Crippen molar-refractivity contribution in [2.75, 3.05) is 33.5 Å². The number of pyridine rings is 1. The van der Waals surface area contributed by atoms with Gasteiger partial charge in [-0.1, -0.05) is 0 Å². The molecule has 0 saturated carbocycles. The lowest BCUT2D eigenvalue weighted by Gasteiger charge is -2.06. The third kappa shape index (κ3) is 5.04. The van der Waals surface area contributed by atoms with Crippen LogP contribution < -0.4 is 4.74 Å². The van der Waals surface area contributed by atoms with E-state index in [4.69, 9.17) is 14.2 Å². The van der Waals surface area contributed by atoms with Crippen LogP contribution in [0.4, 0.5) is 4.39 Å². The summed E-state index contributed by atoms with van der Waals surface area (Å²) in [4.78, 5) is 3.47. The van der Waals surface area contributed by atoms with Gasteiger partial charge in [0.15, 0.2) is 5.75 Å². The average Bonchev–Trinajstić information content (AvgIpc) is 2.30. The van der Waals surface area contributed by atoms with Gasteiger partial charge >= 0.3 is 0 Å². The molecule has 5 heteroatoms. The topological polar surface area (TPSA) is 40.6 Å². The molecule has 0 radical (unpaired) electrons. The Bertz CT molecular complexity index is 296. The summed E-state index contributed by atoms with van der Waals surface area (Å²) in [6.45, 7) is 2.04. The molecule has 0 amide bonds. The van der Waals surface area contributed by atoms with E-state index in [2.05, 4.69) is 4.98 Å². The van der Waals surface area contributed by atoms with E-state index in [9.17, 15) is 4.39 Å². The van der Waals surface area contributed by atoms with Crippen LogP contribution in [0.25, 0.3) is 0 Å². The highest BCUT2D eigenvalue weighted by Gasteiger charge is 2.01. The minimum absolute atomic E-state index is 0.156. The Labute approximate surface area is 94.3 Å². The van der Waals surface area contributed by atoms with Gasteiger partial charge in [-0.25, -0.2) is 4.98 Å². The van der Waals surface area contributed by atoms with Gasteiger partial charge in [0.05, 0.1) is 6.61 Å². The molecule has 1 heterocycles. The van der Waals surface area contributed by atoms with Crippen molar-refractivity contribution in [3.05, 3.63) is 24.3 Å². The van der Waals surface area contributed by atoms with Gasteiger partial charge in [0, 0.05) is 26.5 Å². The lowest BCUT2D eigenvalue weighted by atomic mass is 10.4. The van der Waals surface area contributed by atoms with Crippen molar-refractivity contribution in [2.45, 2.75) is 6.42 Å². The molecule has 0 aliphatic rings. The number of methoxy groups -OCH3 is 1. The Hall–Kier alpha value is -1.20. The number of hydrogen-bond acceptors (Lipinski definition) is 4. The van der Waals surface area contributed by atoms with Crippen LogP contribution in [0.2, 0.25) is 0 Å². The molecule has 16 heavy (non-hydrogen) atoms. The Morgan fingerprint density at radius 3 is 2.88 bits per heavy atom. The summed E-state index contributed by atoms with van der Waals surface area (Å²) >= 11 is 0. The van der Waals surface area contributed by atoms with Gasteiger partial charge in [-0.05, 0) is 18.6 Å². The fourth-order valence-corrected chi connectivity index (χ4v) is 1.10. The first kappa shape index (κ1) is 12.9. The largest absolute Gasteiger partial charge is 0.486 e. The van der Waals surface area contributed by atoms with E-state index in [1.54, 1.807) is 13.2 Å². The van der Waals surface area contributed by atoms with E-state index in [0.717, 1.165) is 6.42 Å². The molecular weight excluding hydrogens is 213 g/mol. The molecule has 0 aliphatic heterocycles. The van der Waals surface area contributed by atoms with Crippen LogP contribution in [0.5, 0.6) is 5.75 Å². The monoisotopic (exact) mass is 229 g/mol. The molecule has 0 aromatic carbocycles. The maximum Gasteiger partial charge on any atom is 0.255 e. The fourth-order valence-electron chi connectivity index (χ4n) is 1.10. The third-order valence-electron chi connectivity index (χ3n) is 1.85. The third-order valence-corrected chi connectivity index (χ3v) is 1.85. The summed E-state index contributed by atoms with van der Waals surface area (Å²) in [5, 5.41) is 0. The van der Waals surface area contributed by atoms with Gasteiger partial charge in [-0.15, -0.1) is 0 Å². The molecule has 0 spiro atoms. The lowest BCUT2D eigenvalue weighted by Crippen LogP contribution is -2.09. The van der Waals surface area contributed by atoms with E-state index >= 15 is 0 Å². The standard InChI is InChI=1S/C11H16FNO3/c1-14-6-3-7-15-8-9-16-10-4-2-5-13-11(10)12/h2,4-5H,3,6-9H2,1H3. The second-order valence-corrected chi connectivity index (χ2v) is 3.10. The van der Waals surface area contributed by atoms with Crippen molar-refractivity contribution in [3.63, 3.8) is 0 Å². The Kier molecular flexibility index (Phi) is 6.44. The first-order valence-electron chi connectivity index (χ1n) is 5.14. The highest BCUT2D eigenvalue weighted by Crippen LogP contribution is 2.12. The fraction of sp³-hybridized carbons (Fsp3) is 0.545. The van der Waals surface area contributed by atoms with E-state index in [1.165, 1.54) is 12.3 Å². The summed E-state index contributed by atoms with van der Waals surface area (Å²) in [6, 6.07) is 3.16. The average molecular weight is 229 g/mol. The van der Waals surface area contributed by atoms with Gasteiger partial charge in [-0.2, -0.15) is 4.39 Å². The van der Waals surface area contributed by atoms with Crippen LogP contribution in [-0.4, -0.2) is 38.5 Å². The van der Waals surface area contributed by atoms with Crippen LogP contribution in [0.15, 0.2) is 18.3 Å². The minimum Gasteiger partial charge on any atom is -0.486 e. The van der Waals surface area contributed by atoms with Gasteiger partial charge in [0.2, 0.25) is 0 Å². The predicted octanol–water partition coefficient (Wildman–Crippen LogP) is 1.65. The Morgan fingerprint density at radius 2 is 2.12 bits per heavy atom. The molecule has 1 aromatic rings. The molecule has 0 aliphatic carbocycles. The molecular formula is C11H16FNO3. The zero-order valence-corrected chi connectivity index (χ0v) is 9.32. The molecule has 0 fully saturated rings. The van der Waals surface area contributed by atoms with E-state index in [0.29, 0.717) is 26.4 Å². The van der Waals surface area contributed by atoms with Crippen molar-refractivity contribution >= 4 is 0 Å². The zero-order chi connectivity index (χ0) is 11.6. The predicted molar refractivity (Wildman–Crippen MR) is 57.0 cm³/mol. The first-order chi connectivity index (χ1) is 7.84. The van der Waals surface area contributed by atoms with Crippen molar-refractivity contribution in [1.82, 2.24) is 4.98 Å². The lowest BCUT2D eigenvalue weighted by molar-refractivity contribution is 0.0795. The molecule has 0 N–H and O–H groups in total. The number of aromatic nitrogens is 1. The molecule has 4 nitrogen and oxygen atoms in total. The van der Waals surface area contributed by atoms with Crippen LogP contribution in [-0.2, 0) is 9.47 Å². The van der Waals surface area contributed by atoms with Crippen LogP contribution in [0, 0.1) is 5.95 Å². The minimum atomic E-state index is -0.595. The summed E-state index contributed by atoms with van der Waals surface area (Å²) in [7, 11) is 1.65. The molecule has 90 valence electrons. The normalized spacial score (nSPS) is 10.4. The van der Waals surface area contributed by atoms with E-state index in [-0.39, 0.29) is 5.75 Å². The maximum atomic E-state index is 13.0. The summed E-state index contributed by atoms with van der Waals surface area (Å²) in [6.07, 6.45) is 2.22. The molecule has 0 bridgehead atoms. The Balaban J connectivity index is 2.05. The van der Waals surface area contributed by atoms with Crippen molar-refractivity contribution in [1.29, 1.82) is 0 Å². The molecule has 1 rings (SSSR count). The van der Waals surface area contributed by atoms with Crippen LogP contribution in [0.1, 0.15) is 6.42 Å². The van der Waals surface area contributed by atoms with E-state index < -0.39 is 5.95 Å². The molecule has 0 unspecified atom stereocenters. The van der Waals surface area contributed by atoms with E-state index in [1.807, 2.05) is 0 Å². The van der Waals surface area contributed by atoms with Gasteiger partial charge in [0.25, 0.3) is 5.95 Å². The molecule has 0 saturated heterocycles. The van der Waals surface area contributed by atoms with Gasteiger partial charge in [-0.3, -0.25) is 0 Å². The van der Waals surface area contributed by atoms with Crippen molar-refractivity contribution in [2.24, 2.45) is 0 Å². The number of rotatable bonds is 8. The Morgan fingerprint density at radius 1 is 1.25 bits per heavy atom. The first-order valence-corrected chi connectivity index (χ1v) is 5.14. The van der Waals surface area contributed by atoms with Crippen LogP contribution >= 0.6 is 0 Å². The smallest absolute Gasteiger partial charge is 0.255 e. The highest BCUT2D eigenvalue weighted by atomic mass is 19.1. The quantitative estimate of drug-likeness (QED) is 0.502. The second-order valence-electron chi connectivity index (χ2n) is 3.10. The summed E-state index contributed by atoms with van der Waals surface area (Å²) in [5.41, 5.74) is 0. The second kappa shape index (κ2) is 8.01. The molecule has 0 atom stereocenters. The SMILES string of the molecule is COCCCOCCOc1cccnc1F. The number of halogens is 1.